The number of rotatable bonds is 2. The van der Waals surface area contributed by atoms with Gasteiger partial charge in [0.15, 0.2) is 0 Å². The van der Waals surface area contributed by atoms with Gasteiger partial charge in [0.2, 0.25) is 0 Å². The Balaban J connectivity index is 2.48. The van der Waals surface area contributed by atoms with E-state index in [1.54, 1.807) is 0 Å². The minimum absolute atomic E-state index is 0.584. The van der Waals surface area contributed by atoms with E-state index in [1.165, 1.54) is 6.42 Å². The van der Waals surface area contributed by atoms with Crippen molar-refractivity contribution < 1.29 is 0 Å². The molecule has 0 spiro atoms. The second-order valence-corrected chi connectivity index (χ2v) is 7.77. The standard InChI is InChI=1S/C17H32/c1-9-14-13(6)16(7)11(4)12(5)17(16,8)15(14)10(2)3/h10-15H,9H2,1-8H3. The van der Waals surface area contributed by atoms with Crippen LogP contribution >= 0.6 is 0 Å². The van der Waals surface area contributed by atoms with Crippen LogP contribution in [0.2, 0.25) is 0 Å². The van der Waals surface area contributed by atoms with Crippen LogP contribution in [0.4, 0.5) is 0 Å². The molecule has 0 aromatic heterocycles. The molecule has 17 heavy (non-hydrogen) atoms. The minimum Gasteiger partial charge on any atom is -0.0651 e. The third-order valence-corrected chi connectivity index (χ3v) is 7.73. The normalized spacial score (nSPS) is 58.1. The molecule has 0 N–H and O–H groups in total. The van der Waals surface area contributed by atoms with E-state index in [1.807, 2.05) is 0 Å². The summed E-state index contributed by atoms with van der Waals surface area (Å²) in [4.78, 5) is 0. The third-order valence-electron chi connectivity index (χ3n) is 7.73. The smallest absolute Gasteiger partial charge is 0.0205 e. The number of hydrogen-bond acceptors (Lipinski definition) is 0. The first kappa shape index (κ1) is 13.4. The molecule has 100 valence electrons. The van der Waals surface area contributed by atoms with Crippen molar-refractivity contribution in [1.29, 1.82) is 0 Å². The fourth-order valence-corrected chi connectivity index (χ4v) is 6.49. The molecular formula is C17H32. The molecule has 7 unspecified atom stereocenters. The summed E-state index contributed by atoms with van der Waals surface area (Å²) in [5.41, 5.74) is 1.17. The van der Waals surface area contributed by atoms with Gasteiger partial charge in [0.05, 0.1) is 0 Å². The van der Waals surface area contributed by atoms with Gasteiger partial charge in [0.25, 0.3) is 0 Å². The van der Waals surface area contributed by atoms with Gasteiger partial charge in [-0.2, -0.15) is 0 Å². The van der Waals surface area contributed by atoms with Crippen molar-refractivity contribution in [1.82, 2.24) is 0 Å². The topological polar surface area (TPSA) is 0 Å². The van der Waals surface area contributed by atoms with Crippen molar-refractivity contribution in [3.63, 3.8) is 0 Å². The van der Waals surface area contributed by atoms with E-state index < -0.39 is 0 Å². The molecule has 0 bridgehead atoms. The zero-order valence-electron chi connectivity index (χ0n) is 13.2. The van der Waals surface area contributed by atoms with Gasteiger partial charge in [-0.1, -0.05) is 61.8 Å². The fourth-order valence-electron chi connectivity index (χ4n) is 6.49. The first-order valence-corrected chi connectivity index (χ1v) is 7.74. The molecular weight excluding hydrogens is 204 g/mol. The quantitative estimate of drug-likeness (QED) is 0.615. The first-order chi connectivity index (χ1) is 7.74. The van der Waals surface area contributed by atoms with E-state index in [9.17, 15) is 0 Å². The molecule has 2 fully saturated rings. The maximum atomic E-state index is 2.61. The molecule has 2 aliphatic rings. The second kappa shape index (κ2) is 3.75. The molecule has 0 amide bonds. The zero-order valence-corrected chi connectivity index (χ0v) is 13.2. The Morgan fingerprint density at radius 3 is 1.76 bits per heavy atom. The predicted octanol–water partition coefficient (Wildman–Crippen LogP) is 5.23. The van der Waals surface area contributed by atoms with Crippen LogP contribution in [-0.2, 0) is 0 Å². The molecule has 0 nitrogen and oxygen atoms in total. The van der Waals surface area contributed by atoms with Crippen LogP contribution in [0, 0.1) is 46.3 Å². The summed E-state index contributed by atoms with van der Waals surface area (Å²) >= 11 is 0. The molecule has 0 radical (unpaired) electrons. The zero-order chi connectivity index (χ0) is 13.2. The summed E-state index contributed by atoms with van der Waals surface area (Å²) in [6.07, 6.45) is 1.37. The molecule has 0 aromatic rings. The Kier molecular flexibility index (Phi) is 2.96. The van der Waals surface area contributed by atoms with Gasteiger partial charge < -0.3 is 0 Å². The maximum Gasteiger partial charge on any atom is -0.0205 e. The van der Waals surface area contributed by atoms with Gasteiger partial charge in [-0.25, -0.2) is 0 Å². The van der Waals surface area contributed by atoms with Crippen LogP contribution in [0.5, 0.6) is 0 Å². The lowest BCUT2D eigenvalue weighted by Gasteiger charge is -2.67. The van der Waals surface area contributed by atoms with Gasteiger partial charge in [-0.3, -0.25) is 0 Å². The van der Waals surface area contributed by atoms with Gasteiger partial charge in [0, 0.05) is 0 Å². The Morgan fingerprint density at radius 1 is 0.882 bits per heavy atom. The molecule has 2 saturated carbocycles. The van der Waals surface area contributed by atoms with Gasteiger partial charge in [-0.05, 0) is 46.3 Å². The molecule has 0 saturated heterocycles. The molecule has 7 atom stereocenters. The van der Waals surface area contributed by atoms with Gasteiger partial charge in [-0.15, -0.1) is 0 Å². The molecule has 0 aliphatic heterocycles. The van der Waals surface area contributed by atoms with Crippen molar-refractivity contribution in [3.05, 3.63) is 0 Å². The van der Waals surface area contributed by atoms with Crippen molar-refractivity contribution in [2.45, 2.75) is 61.8 Å². The van der Waals surface area contributed by atoms with E-state index in [2.05, 4.69) is 55.4 Å². The average Bonchev–Trinajstić information content (AvgIpc) is 2.45. The lowest BCUT2D eigenvalue weighted by Crippen LogP contribution is -2.62. The van der Waals surface area contributed by atoms with E-state index in [0.717, 1.165) is 35.5 Å². The summed E-state index contributed by atoms with van der Waals surface area (Å²) in [5, 5.41) is 0. The van der Waals surface area contributed by atoms with E-state index in [0.29, 0.717) is 10.8 Å². The maximum absolute atomic E-state index is 2.61. The third kappa shape index (κ3) is 1.21. The number of fused-ring (bicyclic) bond motifs is 1. The highest BCUT2D eigenvalue weighted by Gasteiger charge is 2.73. The van der Waals surface area contributed by atoms with Gasteiger partial charge in [0.1, 0.15) is 0 Å². The van der Waals surface area contributed by atoms with E-state index >= 15 is 0 Å². The van der Waals surface area contributed by atoms with Crippen molar-refractivity contribution in [2.75, 3.05) is 0 Å². The summed E-state index contributed by atoms with van der Waals surface area (Å²) in [5.74, 6) is 5.41. The molecule has 2 rings (SSSR count). The molecule has 0 heterocycles. The second-order valence-electron chi connectivity index (χ2n) is 7.77. The Hall–Kier alpha value is 0. The predicted molar refractivity (Wildman–Crippen MR) is 75.8 cm³/mol. The molecule has 2 aliphatic carbocycles. The van der Waals surface area contributed by atoms with Crippen LogP contribution in [0.15, 0.2) is 0 Å². The van der Waals surface area contributed by atoms with E-state index in [4.69, 9.17) is 0 Å². The first-order valence-electron chi connectivity index (χ1n) is 7.74. The summed E-state index contributed by atoms with van der Waals surface area (Å²) in [6.45, 7) is 20.0. The Labute approximate surface area is 109 Å². The molecule has 0 heteroatoms. The fraction of sp³-hybridized carbons (Fsp3) is 1.00. The summed E-state index contributed by atoms with van der Waals surface area (Å²) in [6, 6.07) is 0. The highest BCUT2D eigenvalue weighted by atomic mass is 14.8. The van der Waals surface area contributed by atoms with Crippen LogP contribution in [-0.4, -0.2) is 0 Å². The van der Waals surface area contributed by atoms with Crippen LogP contribution in [0.3, 0.4) is 0 Å². The van der Waals surface area contributed by atoms with Crippen molar-refractivity contribution in [3.8, 4) is 0 Å². The largest absolute Gasteiger partial charge is 0.0651 e. The monoisotopic (exact) mass is 236 g/mol. The van der Waals surface area contributed by atoms with Crippen LogP contribution in [0.25, 0.3) is 0 Å². The minimum atomic E-state index is 0.584. The Bertz CT molecular complexity index is 305. The molecule has 0 aromatic carbocycles. The lowest BCUT2D eigenvalue weighted by molar-refractivity contribution is -0.193. The average molecular weight is 236 g/mol. The van der Waals surface area contributed by atoms with Crippen LogP contribution < -0.4 is 0 Å². The van der Waals surface area contributed by atoms with Crippen molar-refractivity contribution >= 4 is 0 Å². The Morgan fingerprint density at radius 2 is 1.35 bits per heavy atom. The van der Waals surface area contributed by atoms with Crippen molar-refractivity contribution in [2.24, 2.45) is 46.3 Å². The SMILES string of the molecule is CCC1C(C)C2(C)C(C)C(C)C2(C)C1C(C)C. The highest BCUT2D eigenvalue weighted by Crippen LogP contribution is 2.78. The van der Waals surface area contributed by atoms with Crippen LogP contribution in [0.1, 0.15) is 61.8 Å². The highest BCUT2D eigenvalue weighted by molar-refractivity contribution is 5.21. The van der Waals surface area contributed by atoms with E-state index in [-0.39, 0.29) is 0 Å². The number of hydrogen-bond donors (Lipinski definition) is 0. The lowest BCUT2D eigenvalue weighted by atomic mass is 9.38. The summed E-state index contributed by atoms with van der Waals surface area (Å²) < 4.78 is 0. The summed E-state index contributed by atoms with van der Waals surface area (Å²) in [7, 11) is 0. The van der Waals surface area contributed by atoms with Gasteiger partial charge >= 0.3 is 0 Å².